The third-order valence-corrected chi connectivity index (χ3v) is 4.30. The summed E-state index contributed by atoms with van der Waals surface area (Å²) < 4.78 is 15.8. The lowest BCUT2D eigenvalue weighted by atomic mass is 9.97. The quantitative estimate of drug-likeness (QED) is 0.501. The van der Waals surface area contributed by atoms with Crippen molar-refractivity contribution in [2.75, 3.05) is 19.8 Å². The fourth-order valence-corrected chi connectivity index (χ4v) is 2.85. The Labute approximate surface area is 160 Å². The number of nitrogens with one attached hydrogen (secondary N) is 1. The van der Waals surface area contributed by atoms with Gasteiger partial charge in [0.1, 0.15) is 11.5 Å². The Bertz CT molecular complexity index is 638. The topological polar surface area (TPSA) is 73.9 Å². The van der Waals surface area contributed by atoms with E-state index in [0.29, 0.717) is 18.9 Å². The van der Waals surface area contributed by atoms with Crippen molar-refractivity contribution in [1.29, 1.82) is 0 Å². The van der Waals surface area contributed by atoms with Crippen LogP contribution in [-0.4, -0.2) is 37.7 Å². The zero-order valence-corrected chi connectivity index (χ0v) is 16.2. The van der Waals surface area contributed by atoms with Gasteiger partial charge in [0.15, 0.2) is 12.7 Å². The molecule has 0 radical (unpaired) electrons. The number of hydrogen-bond acceptors (Lipinski definition) is 5. The van der Waals surface area contributed by atoms with Crippen molar-refractivity contribution in [3.8, 4) is 11.5 Å². The van der Waals surface area contributed by atoms with Crippen LogP contribution in [0.1, 0.15) is 46.0 Å². The third-order valence-electron chi connectivity index (χ3n) is 4.30. The van der Waals surface area contributed by atoms with Gasteiger partial charge in [0.25, 0.3) is 5.91 Å². The Hall–Kier alpha value is -2.50. The van der Waals surface area contributed by atoms with Crippen LogP contribution in [0.15, 0.2) is 35.9 Å². The molecule has 1 aliphatic carbocycles. The largest absolute Gasteiger partial charge is 0.494 e. The van der Waals surface area contributed by atoms with Crippen molar-refractivity contribution < 1.29 is 23.8 Å². The molecule has 1 aromatic carbocycles. The molecule has 148 valence electrons. The highest BCUT2D eigenvalue weighted by Gasteiger charge is 2.18. The van der Waals surface area contributed by atoms with Crippen molar-refractivity contribution >= 4 is 11.9 Å². The molecule has 2 rings (SSSR count). The molecule has 1 aromatic rings. The fraction of sp³-hybridized carbons (Fsp3) is 0.524. The molecule has 0 saturated heterocycles. The first-order valence-corrected chi connectivity index (χ1v) is 9.59. The number of rotatable bonds is 10. The molecule has 6 heteroatoms. The molecule has 1 atom stereocenters. The molecule has 0 saturated carbocycles. The summed E-state index contributed by atoms with van der Waals surface area (Å²) in [6, 6.07) is 6.96. The summed E-state index contributed by atoms with van der Waals surface area (Å²) in [6.07, 6.45) is 6.99. The zero-order chi connectivity index (χ0) is 19.5. The predicted octanol–water partition coefficient (Wildman–Crippen LogP) is 3.40. The number of amides is 1. The first kappa shape index (κ1) is 20.8. The van der Waals surface area contributed by atoms with Gasteiger partial charge in [0, 0.05) is 6.54 Å². The summed E-state index contributed by atoms with van der Waals surface area (Å²) in [5.74, 6) is 0.400. The average Bonchev–Trinajstić information content (AvgIpc) is 2.68. The van der Waals surface area contributed by atoms with Crippen LogP contribution in [0.4, 0.5) is 0 Å². The minimum Gasteiger partial charge on any atom is -0.494 e. The standard InChI is InChI=1S/C21H29NO5/c1-3-25-18-9-11-19(12-10-18)26-15-20(23)27-16(2)21(24)22-14-13-17-7-5-4-6-8-17/h7,9-12,16H,3-6,8,13-15H2,1-2H3,(H,22,24)/t16-/m1/s1. The van der Waals surface area contributed by atoms with Crippen LogP contribution in [0.3, 0.4) is 0 Å². The number of esters is 1. The third kappa shape index (κ3) is 7.72. The van der Waals surface area contributed by atoms with Crippen molar-refractivity contribution in [2.24, 2.45) is 0 Å². The lowest BCUT2D eigenvalue weighted by Crippen LogP contribution is -2.37. The maximum Gasteiger partial charge on any atom is 0.344 e. The SMILES string of the molecule is CCOc1ccc(OCC(=O)O[C@H](C)C(=O)NCCC2=CCCCC2)cc1. The molecule has 0 spiro atoms. The Kier molecular flexibility index (Phi) is 8.68. The smallest absolute Gasteiger partial charge is 0.344 e. The van der Waals surface area contributed by atoms with E-state index in [-0.39, 0.29) is 12.5 Å². The van der Waals surface area contributed by atoms with E-state index in [1.165, 1.54) is 18.4 Å². The summed E-state index contributed by atoms with van der Waals surface area (Å²) >= 11 is 0. The summed E-state index contributed by atoms with van der Waals surface area (Å²) in [7, 11) is 0. The van der Waals surface area contributed by atoms with E-state index in [1.54, 1.807) is 31.2 Å². The van der Waals surface area contributed by atoms with Gasteiger partial charge in [-0.2, -0.15) is 0 Å². The second-order valence-corrected chi connectivity index (χ2v) is 6.47. The first-order chi connectivity index (χ1) is 13.1. The van der Waals surface area contributed by atoms with Crippen molar-refractivity contribution in [1.82, 2.24) is 5.32 Å². The predicted molar refractivity (Wildman–Crippen MR) is 103 cm³/mol. The van der Waals surface area contributed by atoms with Gasteiger partial charge in [0.2, 0.25) is 0 Å². The number of hydrogen-bond donors (Lipinski definition) is 1. The summed E-state index contributed by atoms with van der Waals surface area (Å²) in [6.45, 7) is 4.37. The Balaban J connectivity index is 1.64. The van der Waals surface area contributed by atoms with Gasteiger partial charge in [-0.1, -0.05) is 11.6 Å². The lowest BCUT2D eigenvalue weighted by Gasteiger charge is -2.16. The fourth-order valence-electron chi connectivity index (χ4n) is 2.85. The van der Waals surface area contributed by atoms with Crippen molar-refractivity contribution in [3.63, 3.8) is 0 Å². The van der Waals surface area contributed by atoms with Gasteiger partial charge in [-0.05, 0) is 70.2 Å². The van der Waals surface area contributed by atoms with Crippen LogP contribution in [0.25, 0.3) is 0 Å². The molecule has 6 nitrogen and oxygen atoms in total. The van der Waals surface area contributed by atoms with Gasteiger partial charge in [0.05, 0.1) is 6.61 Å². The van der Waals surface area contributed by atoms with Crippen LogP contribution in [0.2, 0.25) is 0 Å². The Morgan fingerprint density at radius 1 is 1.11 bits per heavy atom. The van der Waals surface area contributed by atoms with E-state index in [1.807, 2.05) is 6.92 Å². The van der Waals surface area contributed by atoms with Gasteiger partial charge >= 0.3 is 5.97 Å². The maximum absolute atomic E-state index is 12.0. The highest BCUT2D eigenvalue weighted by Crippen LogP contribution is 2.19. The van der Waals surface area contributed by atoms with Crippen molar-refractivity contribution in [3.05, 3.63) is 35.9 Å². The molecular weight excluding hydrogens is 346 g/mol. The molecule has 1 amide bonds. The highest BCUT2D eigenvalue weighted by atomic mass is 16.6. The number of ether oxygens (including phenoxy) is 3. The van der Waals surface area contributed by atoms with Crippen LogP contribution < -0.4 is 14.8 Å². The molecule has 0 bridgehead atoms. The van der Waals surface area contributed by atoms with Crippen LogP contribution >= 0.6 is 0 Å². The molecule has 0 aromatic heterocycles. The lowest BCUT2D eigenvalue weighted by molar-refractivity contribution is -0.156. The minimum atomic E-state index is -0.846. The molecule has 0 unspecified atom stereocenters. The van der Waals surface area contributed by atoms with E-state index in [2.05, 4.69) is 11.4 Å². The maximum atomic E-state index is 12.0. The number of carbonyl (C=O) groups is 2. The Morgan fingerprint density at radius 3 is 2.44 bits per heavy atom. The van der Waals surface area contributed by atoms with E-state index < -0.39 is 12.1 Å². The van der Waals surface area contributed by atoms with Crippen LogP contribution in [-0.2, 0) is 14.3 Å². The van der Waals surface area contributed by atoms with Crippen LogP contribution in [0, 0.1) is 0 Å². The highest BCUT2D eigenvalue weighted by molar-refractivity contribution is 5.83. The molecule has 1 N–H and O–H groups in total. The Morgan fingerprint density at radius 2 is 1.81 bits per heavy atom. The number of carbonyl (C=O) groups excluding carboxylic acids is 2. The molecule has 27 heavy (non-hydrogen) atoms. The molecule has 1 aliphatic rings. The van der Waals surface area contributed by atoms with Crippen molar-refractivity contribution in [2.45, 2.75) is 52.1 Å². The van der Waals surface area contributed by atoms with Gasteiger partial charge < -0.3 is 19.5 Å². The number of benzene rings is 1. The number of allylic oxidation sites excluding steroid dienone is 1. The van der Waals surface area contributed by atoms with Crippen LogP contribution in [0.5, 0.6) is 11.5 Å². The van der Waals surface area contributed by atoms with Gasteiger partial charge in [-0.15, -0.1) is 0 Å². The van der Waals surface area contributed by atoms with E-state index in [4.69, 9.17) is 14.2 Å². The molecule has 0 heterocycles. The van der Waals surface area contributed by atoms with E-state index in [9.17, 15) is 9.59 Å². The summed E-state index contributed by atoms with van der Waals surface area (Å²) in [5.41, 5.74) is 1.40. The first-order valence-electron chi connectivity index (χ1n) is 9.59. The molecule has 0 aliphatic heterocycles. The second kappa shape index (κ2) is 11.3. The van der Waals surface area contributed by atoms with E-state index in [0.717, 1.165) is 25.0 Å². The molecule has 0 fully saturated rings. The summed E-state index contributed by atoms with van der Waals surface area (Å²) in [5, 5.41) is 2.82. The van der Waals surface area contributed by atoms with E-state index >= 15 is 0 Å². The molecular formula is C21H29NO5. The van der Waals surface area contributed by atoms with Gasteiger partial charge in [-0.25, -0.2) is 4.79 Å². The normalized spacial score (nSPS) is 14.7. The minimum absolute atomic E-state index is 0.252. The summed E-state index contributed by atoms with van der Waals surface area (Å²) in [4.78, 5) is 23.9. The second-order valence-electron chi connectivity index (χ2n) is 6.47. The van der Waals surface area contributed by atoms with Gasteiger partial charge in [-0.3, -0.25) is 4.79 Å². The average molecular weight is 375 g/mol. The monoisotopic (exact) mass is 375 g/mol. The zero-order valence-electron chi connectivity index (χ0n) is 16.2.